The van der Waals surface area contributed by atoms with E-state index in [1.54, 1.807) is 12.3 Å². The Balaban J connectivity index is 2.24. The monoisotopic (exact) mass is 294 g/mol. The number of hydrogen-bond donors (Lipinski definition) is 1. The number of hydrogen-bond acceptors (Lipinski definition) is 2. The van der Waals surface area contributed by atoms with Gasteiger partial charge in [0.15, 0.2) is 0 Å². The Hall–Kier alpha value is -1.09. The lowest BCUT2D eigenvalue weighted by Gasteiger charge is -2.19. The van der Waals surface area contributed by atoms with E-state index in [1.165, 1.54) is 5.56 Å². The molecule has 2 aromatic rings. The molecule has 0 amide bonds. The Bertz CT molecular complexity index is 529. The van der Waals surface area contributed by atoms with Crippen molar-refractivity contribution in [3.8, 4) is 0 Å². The van der Waals surface area contributed by atoms with Gasteiger partial charge in [0.05, 0.1) is 0 Å². The maximum absolute atomic E-state index is 6.29. The van der Waals surface area contributed by atoms with Gasteiger partial charge in [-0.2, -0.15) is 0 Å². The fourth-order valence-corrected chi connectivity index (χ4v) is 2.62. The molecule has 0 aliphatic carbocycles. The standard InChI is InChI=1S/C15H16Cl2N2/c1-2-19-15(8-11-4-3-7-18-10-11)13-6-5-12(16)9-14(13)17/h3-7,9-10,15,19H,2,8H2,1H3. The lowest BCUT2D eigenvalue weighted by Crippen LogP contribution is -2.23. The minimum atomic E-state index is 0.166. The van der Waals surface area contributed by atoms with Crippen LogP contribution in [0.15, 0.2) is 42.7 Å². The molecule has 19 heavy (non-hydrogen) atoms. The molecule has 0 bridgehead atoms. The van der Waals surface area contributed by atoms with Gasteiger partial charge in [0, 0.05) is 28.5 Å². The predicted molar refractivity (Wildman–Crippen MR) is 80.8 cm³/mol. The molecule has 4 heteroatoms. The Morgan fingerprint density at radius 2 is 2.11 bits per heavy atom. The second kappa shape index (κ2) is 6.90. The van der Waals surface area contributed by atoms with E-state index < -0.39 is 0 Å². The third kappa shape index (κ3) is 3.93. The van der Waals surface area contributed by atoms with Crippen molar-refractivity contribution >= 4 is 23.2 Å². The number of aromatic nitrogens is 1. The molecule has 0 aliphatic rings. The van der Waals surface area contributed by atoms with E-state index in [9.17, 15) is 0 Å². The van der Waals surface area contributed by atoms with Gasteiger partial charge in [-0.1, -0.05) is 42.3 Å². The first kappa shape index (κ1) is 14.3. The molecular formula is C15H16Cl2N2. The van der Waals surface area contributed by atoms with Crippen LogP contribution < -0.4 is 5.32 Å². The minimum absolute atomic E-state index is 0.166. The summed E-state index contributed by atoms with van der Waals surface area (Å²) in [6.07, 6.45) is 4.51. The minimum Gasteiger partial charge on any atom is -0.310 e. The Kier molecular flexibility index (Phi) is 5.20. The van der Waals surface area contributed by atoms with Crippen molar-refractivity contribution in [2.24, 2.45) is 0 Å². The molecule has 1 unspecified atom stereocenters. The van der Waals surface area contributed by atoms with Gasteiger partial charge in [-0.05, 0) is 42.3 Å². The quantitative estimate of drug-likeness (QED) is 0.890. The summed E-state index contributed by atoms with van der Waals surface area (Å²) in [6, 6.07) is 9.82. The highest BCUT2D eigenvalue weighted by Crippen LogP contribution is 2.28. The molecule has 1 heterocycles. The number of benzene rings is 1. The smallest absolute Gasteiger partial charge is 0.0468 e. The lowest BCUT2D eigenvalue weighted by atomic mass is 10.00. The van der Waals surface area contributed by atoms with Crippen molar-refractivity contribution in [3.63, 3.8) is 0 Å². The zero-order valence-electron chi connectivity index (χ0n) is 10.7. The van der Waals surface area contributed by atoms with E-state index in [2.05, 4.69) is 23.3 Å². The summed E-state index contributed by atoms with van der Waals surface area (Å²) in [6.45, 7) is 2.96. The Labute approximate surface area is 123 Å². The molecule has 0 saturated heterocycles. The Morgan fingerprint density at radius 3 is 2.74 bits per heavy atom. The fraction of sp³-hybridized carbons (Fsp3) is 0.267. The van der Waals surface area contributed by atoms with Gasteiger partial charge in [0.2, 0.25) is 0 Å². The van der Waals surface area contributed by atoms with E-state index in [4.69, 9.17) is 23.2 Å². The number of rotatable bonds is 5. The lowest BCUT2D eigenvalue weighted by molar-refractivity contribution is 0.549. The summed E-state index contributed by atoms with van der Waals surface area (Å²) in [4.78, 5) is 4.15. The predicted octanol–water partition coefficient (Wildman–Crippen LogP) is 4.28. The topological polar surface area (TPSA) is 24.9 Å². The van der Waals surface area contributed by atoms with Gasteiger partial charge in [0.1, 0.15) is 0 Å². The number of nitrogens with zero attached hydrogens (tertiary/aromatic N) is 1. The summed E-state index contributed by atoms with van der Waals surface area (Å²) in [5.74, 6) is 0. The van der Waals surface area contributed by atoms with Crippen molar-refractivity contribution in [1.29, 1.82) is 0 Å². The third-order valence-corrected chi connectivity index (χ3v) is 3.51. The van der Waals surface area contributed by atoms with Crippen LogP contribution in [0, 0.1) is 0 Å². The van der Waals surface area contributed by atoms with Crippen LogP contribution in [0.2, 0.25) is 10.0 Å². The largest absolute Gasteiger partial charge is 0.310 e. The third-order valence-electron chi connectivity index (χ3n) is 2.95. The van der Waals surface area contributed by atoms with Crippen molar-refractivity contribution in [2.75, 3.05) is 6.54 Å². The van der Waals surface area contributed by atoms with E-state index in [0.29, 0.717) is 10.0 Å². The summed E-state index contributed by atoms with van der Waals surface area (Å²) >= 11 is 12.2. The summed E-state index contributed by atoms with van der Waals surface area (Å²) in [7, 11) is 0. The van der Waals surface area contributed by atoms with E-state index >= 15 is 0 Å². The molecule has 0 saturated carbocycles. The van der Waals surface area contributed by atoms with Gasteiger partial charge in [-0.3, -0.25) is 4.98 Å². The SMILES string of the molecule is CCNC(Cc1cccnc1)c1ccc(Cl)cc1Cl. The summed E-state index contributed by atoms with van der Waals surface area (Å²) in [5, 5.41) is 4.81. The molecule has 2 nitrogen and oxygen atoms in total. The van der Waals surface area contributed by atoms with Gasteiger partial charge in [-0.25, -0.2) is 0 Å². The highest BCUT2D eigenvalue weighted by Gasteiger charge is 2.14. The highest BCUT2D eigenvalue weighted by atomic mass is 35.5. The maximum Gasteiger partial charge on any atom is 0.0468 e. The number of pyridine rings is 1. The van der Waals surface area contributed by atoms with E-state index in [0.717, 1.165) is 18.5 Å². The molecule has 1 N–H and O–H groups in total. The molecule has 0 spiro atoms. The van der Waals surface area contributed by atoms with Crippen LogP contribution >= 0.6 is 23.2 Å². The molecule has 0 radical (unpaired) electrons. The van der Waals surface area contributed by atoms with E-state index in [1.807, 2.05) is 24.4 Å². The molecule has 0 aliphatic heterocycles. The summed E-state index contributed by atoms with van der Waals surface area (Å²) in [5.41, 5.74) is 2.25. The summed E-state index contributed by atoms with van der Waals surface area (Å²) < 4.78 is 0. The van der Waals surface area contributed by atoms with Crippen molar-refractivity contribution in [2.45, 2.75) is 19.4 Å². The maximum atomic E-state index is 6.29. The van der Waals surface area contributed by atoms with E-state index in [-0.39, 0.29) is 6.04 Å². The molecule has 2 rings (SSSR count). The number of nitrogens with one attached hydrogen (secondary N) is 1. The molecule has 1 aromatic heterocycles. The second-order valence-corrected chi connectivity index (χ2v) is 5.19. The zero-order valence-corrected chi connectivity index (χ0v) is 12.2. The van der Waals surface area contributed by atoms with Crippen LogP contribution in [0.4, 0.5) is 0 Å². The molecule has 0 fully saturated rings. The average molecular weight is 295 g/mol. The van der Waals surface area contributed by atoms with Crippen LogP contribution in [0.3, 0.4) is 0 Å². The van der Waals surface area contributed by atoms with Crippen molar-refractivity contribution in [1.82, 2.24) is 10.3 Å². The van der Waals surface area contributed by atoms with Crippen LogP contribution in [0.1, 0.15) is 24.1 Å². The highest BCUT2D eigenvalue weighted by molar-refractivity contribution is 6.35. The van der Waals surface area contributed by atoms with Crippen LogP contribution in [-0.2, 0) is 6.42 Å². The normalized spacial score (nSPS) is 12.4. The fourth-order valence-electron chi connectivity index (χ4n) is 2.08. The van der Waals surface area contributed by atoms with Crippen LogP contribution in [-0.4, -0.2) is 11.5 Å². The first-order valence-corrected chi connectivity index (χ1v) is 7.03. The number of likely N-dealkylation sites (N-methyl/N-ethyl adjacent to an activating group) is 1. The van der Waals surface area contributed by atoms with Gasteiger partial charge in [0.25, 0.3) is 0 Å². The number of halogens is 2. The van der Waals surface area contributed by atoms with Crippen molar-refractivity contribution < 1.29 is 0 Å². The van der Waals surface area contributed by atoms with Gasteiger partial charge >= 0.3 is 0 Å². The first-order valence-electron chi connectivity index (χ1n) is 6.28. The molecule has 1 aromatic carbocycles. The van der Waals surface area contributed by atoms with Crippen LogP contribution in [0.25, 0.3) is 0 Å². The molecular weight excluding hydrogens is 279 g/mol. The van der Waals surface area contributed by atoms with Crippen molar-refractivity contribution in [3.05, 3.63) is 63.9 Å². The molecule has 1 atom stereocenters. The second-order valence-electron chi connectivity index (χ2n) is 4.34. The molecule has 100 valence electrons. The first-order chi connectivity index (χ1) is 9.20. The Morgan fingerprint density at radius 1 is 1.26 bits per heavy atom. The van der Waals surface area contributed by atoms with Gasteiger partial charge < -0.3 is 5.32 Å². The van der Waals surface area contributed by atoms with Gasteiger partial charge in [-0.15, -0.1) is 0 Å². The van der Waals surface area contributed by atoms with Crippen LogP contribution in [0.5, 0.6) is 0 Å². The average Bonchev–Trinajstić information content (AvgIpc) is 2.39. The zero-order chi connectivity index (χ0) is 13.7.